The lowest BCUT2D eigenvalue weighted by Gasteiger charge is -2.21. The van der Waals surface area contributed by atoms with Crippen molar-refractivity contribution in [2.75, 3.05) is 13.2 Å². The third kappa shape index (κ3) is 1.80. The predicted octanol–water partition coefficient (Wildman–Crippen LogP) is 0.0691. The van der Waals surface area contributed by atoms with E-state index in [1.54, 1.807) is 0 Å². The van der Waals surface area contributed by atoms with E-state index in [1.165, 1.54) is 0 Å². The zero-order chi connectivity index (χ0) is 6.69. The fourth-order valence-corrected chi connectivity index (χ4v) is 0.851. The Morgan fingerprint density at radius 3 is 3.00 bits per heavy atom. The number of aliphatic hydroxyl groups excluding tert-OH is 1. The fraction of sp³-hybridized carbons (Fsp3) is 0.800. The van der Waals surface area contributed by atoms with Gasteiger partial charge in [0, 0.05) is 18.6 Å². The lowest BCUT2D eigenvalue weighted by Crippen LogP contribution is -2.29. The first-order chi connectivity index (χ1) is 4.33. The molecule has 0 aromatic rings. The fourth-order valence-electron chi connectivity index (χ4n) is 0.631. The first-order valence-corrected chi connectivity index (χ1v) is 3.18. The molecule has 0 spiro atoms. The summed E-state index contributed by atoms with van der Waals surface area (Å²) >= 11 is 4.59. The zero-order valence-corrected chi connectivity index (χ0v) is 5.69. The molecule has 1 saturated heterocycles. The van der Waals surface area contributed by atoms with Crippen molar-refractivity contribution in [2.45, 2.75) is 12.5 Å². The Labute approximate surface area is 58.6 Å². The van der Waals surface area contributed by atoms with Crippen molar-refractivity contribution < 1.29 is 14.6 Å². The van der Waals surface area contributed by atoms with Gasteiger partial charge in [0.05, 0.1) is 13.2 Å². The number of ether oxygens (including phenoxy) is 2. The monoisotopic (exact) mass is 148 g/mol. The highest BCUT2D eigenvalue weighted by Gasteiger charge is 2.16. The maximum atomic E-state index is 8.57. The van der Waals surface area contributed by atoms with Crippen molar-refractivity contribution >= 4 is 17.5 Å². The van der Waals surface area contributed by atoms with Crippen LogP contribution >= 0.6 is 12.2 Å². The summed E-state index contributed by atoms with van der Waals surface area (Å²) in [7, 11) is 0. The van der Waals surface area contributed by atoms with Gasteiger partial charge in [-0.05, 0) is 0 Å². The highest BCUT2D eigenvalue weighted by molar-refractivity contribution is 7.79. The summed E-state index contributed by atoms with van der Waals surface area (Å²) in [5.41, 5.74) is 0. The van der Waals surface area contributed by atoms with Crippen LogP contribution in [0.4, 0.5) is 0 Å². The van der Waals surface area contributed by atoms with Gasteiger partial charge in [-0.25, -0.2) is 0 Å². The van der Waals surface area contributed by atoms with Gasteiger partial charge in [0.15, 0.2) is 0 Å². The minimum atomic E-state index is -0.147. The van der Waals surface area contributed by atoms with Crippen LogP contribution in [0.3, 0.4) is 0 Å². The molecule has 52 valence electrons. The lowest BCUT2D eigenvalue weighted by atomic mass is 10.3. The van der Waals surface area contributed by atoms with E-state index in [-0.39, 0.29) is 17.9 Å². The molecule has 1 heterocycles. The summed E-state index contributed by atoms with van der Waals surface area (Å²) in [6.07, 6.45) is 0.572. The highest BCUT2D eigenvalue weighted by Crippen LogP contribution is 2.06. The number of hydrogen-bond donors (Lipinski definition) is 1. The van der Waals surface area contributed by atoms with Crippen molar-refractivity contribution in [3.8, 4) is 0 Å². The minimum Gasteiger partial charge on any atom is -0.457 e. The Kier molecular flexibility index (Phi) is 2.24. The molecule has 1 rings (SSSR count). The summed E-state index contributed by atoms with van der Waals surface area (Å²) in [5.74, 6) is 0. The molecule has 9 heavy (non-hydrogen) atoms. The Hall–Kier alpha value is -0.350. The molecule has 0 bridgehead atoms. The summed E-state index contributed by atoms with van der Waals surface area (Å²) < 4.78 is 9.70. The van der Waals surface area contributed by atoms with Gasteiger partial charge in [-0.3, -0.25) is 0 Å². The van der Waals surface area contributed by atoms with Crippen molar-refractivity contribution in [3.05, 3.63) is 0 Å². The second-order valence-electron chi connectivity index (χ2n) is 1.81. The molecule has 1 fully saturated rings. The first kappa shape index (κ1) is 6.77. The highest BCUT2D eigenvalue weighted by atomic mass is 32.1. The smallest absolute Gasteiger partial charge is 0.352 e. The van der Waals surface area contributed by atoms with Crippen LogP contribution in [0.2, 0.25) is 0 Å². The van der Waals surface area contributed by atoms with E-state index in [2.05, 4.69) is 12.2 Å². The van der Waals surface area contributed by atoms with Crippen LogP contribution in [0.5, 0.6) is 0 Å². The molecule has 1 N–H and O–H groups in total. The maximum Gasteiger partial charge on any atom is 0.352 e. The van der Waals surface area contributed by atoms with Gasteiger partial charge in [0.25, 0.3) is 0 Å². The molecule has 0 aromatic carbocycles. The molecule has 0 aromatic heterocycles. The second kappa shape index (κ2) is 2.98. The number of hydrogen-bond acceptors (Lipinski definition) is 4. The molecule has 0 aliphatic carbocycles. The lowest BCUT2D eigenvalue weighted by molar-refractivity contribution is 0.0165. The molecular formula is C5H8O3S. The number of rotatable bonds is 1. The third-order valence-corrected chi connectivity index (χ3v) is 1.34. The van der Waals surface area contributed by atoms with Gasteiger partial charge < -0.3 is 14.6 Å². The summed E-state index contributed by atoms with van der Waals surface area (Å²) in [4.78, 5) is 0. The number of aliphatic hydroxyl groups is 1. The van der Waals surface area contributed by atoms with Gasteiger partial charge in [0.2, 0.25) is 0 Å². The summed E-state index contributed by atoms with van der Waals surface area (Å²) in [6, 6.07) is 0. The molecule has 0 saturated carbocycles. The molecule has 1 aliphatic rings. The van der Waals surface area contributed by atoms with Gasteiger partial charge in [-0.15, -0.1) is 0 Å². The molecule has 0 radical (unpaired) electrons. The molecular weight excluding hydrogens is 140 g/mol. The first-order valence-electron chi connectivity index (χ1n) is 2.77. The molecule has 0 amide bonds. The molecule has 0 unspecified atom stereocenters. The largest absolute Gasteiger partial charge is 0.457 e. The van der Waals surface area contributed by atoms with Crippen LogP contribution in [0.25, 0.3) is 0 Å². The average molecular weight is 148 g/mol. The van der Waals surface area contributed by atoms with Crippen molar-refractivity contribution in [2.24, 2.45) is 0 Å². The van der Waals surface area contributed by atoms with E-state index in [0.717, 1.165) is 6.42 Å². The predicted molar refractivity (Wildman–Crippen MR) is 35.1 cm³/mol. The van der Waals surface area contributed by atoms with Crippen LogP contribution in [-0.2, 0) is 9.47 Å². The van der Waals surface area contributed by atoms with E-state index in [0.29, 0.717) is 6.61 Å². The number of thiocarbonyl (C=S) groups is 1. The van der Waals surface area contributed by atoms with E-state index in [1.807, 2.05) is 0 Å². The Morgan fingerprint density at radius 2 is 2.56 bits per heavy atom. The SMILES string of the molecule is OC[C@H]1CCOC(=S)O1. The Balaban J connectivity index is 2.32. The third-order valence-electron chi connectivity index (χ3n) is 1.13. The van der Waals surface area contributed by atoms with Crippen LogP contribution in [0.15, 0.2) is 0 Å². The van der Waals surface area contributed by atoms with Crippen LogP contribution < -0.4 is 0 Å². The minimum absolute atomic E-state index is 0.0174. The molecule has 1 atom stereocenters. The summed E-state index contributed by atoms with van der Waals surface area (Å²) in [6.45, 7) is 0.577. The van der Waals surface area contributed by atoms with E-state index in [4.69, 9.17) is 14.6 Å². The van der Waals surface area contributed by atoms with Crippen molar-refractivity contribution in [1.82, 2.24) is 0 Å². The van der Waals surface area contributed by atoms with Crippen LogP contribution in [-0.4, -0.2) is 29.7 Å². The topological polar surface area (TPSA) is 38.7 Å². The van der Waals surface area contributed by atoms with Gasteiger partial charge in [-0.1, -0.05) is 0 Å². The van der Waals surface area contributed by atoms with E-state index in [9.17, 15) is 0 Å². The average Bonchev–Trinajstić information content (AvgIpc) is 1.88. The quantitative estimate of drug-likeness (QED) is 0.534. The van der Waals surface area contributed by atoms with Crippen molar-refractivity contribution in [3.63, 3.8) is 0 Å². The van der Waals surface area contributed by atoms with E-state index < -0.39 is 0 Å². The van der Waals surface area contributed by atoms with Crippen LogP contribution in [0, 0.1) is 0 Å². The molecule has 4 heteroatoms. The zero-order valence-electron chi connectivity index (χ0n) is 4.87. The maximum absolute atomic E-state index is 8.57. The Bertz CT molecular complexity index is 115. The standard InChI is InChI=1S/C5H8O3S/c6-3-4-1-2-7-5(9)8-4/h4,6H,1-3H2/t4-/m1/s1. The molecule has 3 nitrogen and oxygen atoms in total. The summed E-state index contributed by atoms with van der Waals surface area (Å²) in [5, 5.41) is 8.72. The van der Waals surface area contributed by atoms with E-state index >= 15 is 0 Å². The second-order valence-corrected chi connectivity index (χ2v) is 2.14. The normalized spacial score (nSPS) is 26.8. The Morgan fingerprint density at radius 1 is 1.78 bits per heavy atom. The van der Waals surface area contributed by atoms with Gasteiger partial charge in [0.1, 0.15) is 6.10 Å². The molecule has 1 aliphatic heterocycles. The van der Waals surface area contributed by atoms with Gasteiger partial charge in [-0.2, -0.15) is 0 Å². The van der Waals surface area contributed by atoms with Crippen LogP contribution in [0.1, 0.15) is 6.42 Å². The van der Waals surface area contributed by atoms with Crippen molar-refractivity contribution in [1.29, 1.82) is 0 Å². The van der Waals surface area contributed by atoms with Gasteiger partial charge >= 0.3 is 5.24 Å².